The van der Waals surface area contributed by atoms with Crippen LogP contribution in [0.1, 0.15) is 18.1 Å². The SMILES string of the molecule is Cn1cc(-c2ccc3c(N4CCN(C(=O)C[C@@H](O)c5ccc(Cl)cc5)CC4)cnn3c2)cn1. The van der Waals surface area contributed by atoms with Gasteiger partial charge in [-0.3, -0.25) is 9.48 Å². The second-order valence-electron chi connectivity index (χ2n) is 8.32. The van der Waals surface area contributed by atoms with Crippen molar-refractivity contribution >= 4 is 28.7 Å². The third-order valence-corrected chi connectivity index (χ3v) is 6.38. The van der Waals surface area contributed by atoms with Gasteiger partial charge in [-0.15, -0.1) is 0 Å². The lowest BCUT2D eigenvalue weighted by Crippen LogP contribution is -2.49. The second kappa shape index (κ2) is 8.88. The van der Waals surface area contributed by atoms with E-state index in [1.165, 1.54) is 0 Å². The van der Waals surface area contributed by atoms with Crippen LogP contribution >= 0.6 is 11.6 Å². The highest BCUT2D eigenvalue weighted by molar-refractivity contribution is 6.30. The minimum Gasteiger partial charge on any atom is -0.388 e. The number of piperazine rings is 1. The van der Waals surface area contributed by atoms with Gasteiger partial charge in [-0.25, -0.2) is 4.52 Å². The summed E-state index contributed by atoms with van der Waals surface area (Å²) in [5, 5.41) is 19.8. The van der Waals surface area contributed by atoms with Crippen molar-refractivity contribution in [1.82, 2.24) is 24.3 Å². The number of aliphatic hydroxyl groups is 1. The van der Waals surface area contributed by atoms with Gasteiger partial charge in [-0.1, -0.05) is 29.8 Å². The molecule has 1 amide bonds. The molecule has 5 rings (SSSR count). The van der Waals surface area contributed by atoms with E-state index in [9.17, 15) is 9.90 Å². The minimum atomic E-state index is -0.832. The number of anilines is 1. The number of amides is 1. The molecule has 0 aliphatic carbocycles. The molecule has 33 heavy (non-hydrogen) atoms. The summed E-state index contributed by atoms with van der Waals surface area (Å²) in [6, 6.07) is 11.1. The number of carbonyl (C=O) groups excluding carboxylic acids is 1. The summed E-state index contributed by atoms with van der Waals surface area (Å²) in [4.78, 5) is 16.8. The van der Waals surface area contributed by atoms with Crippen LogP contribution in [-0.4, -0.2) is 61.5 Å². The molecule has 0 radical (unpaired) electrons. The van der Waals surface area contributed by atoms with E-state index in [-0.39, 0.29) is 12.3 Å². The molecular weight excluding hydrogens is 440 g/mol. The van der Waals surface area contributed by atoms with Crippen LogP contribution in [0.15, 0.2) is 61.2 Å². The Morgan fingerprint density at radius 2 is 1.76 bits per heavy atom. The molecule has 170 valence electrons. The fraction of sp³-hybridized carbons (Fsp3) is 0.292. The first-order chi connectivity index (χ1) is 16.0. The molecule has 1 saturated heterocycles. The zero-order chi connectivity index (χ0) is 22.9. The monoisotopic (exact) mass is 464 g/mol. The predicted molar refractivity (Wildman–Crippen MR) is 127 cm³/mol. The van der Waals surface area contributed by atoms with E-state index in [1.807, 2.05) is 41.3 Å². The lowest BCUT2D eigenvalue weighted by atomic mass is 10.1. The Bertz CT molecular complexity index is 1270. The first-order valence-corrected chi connectivity index (χ1v) is 11.3. The van der Waals surface area contributed by atoms with Gasteiger partial charge < -0.3 is 14.9 Å². The van der Waals surface area contributed by atoms with Gasteiger partial charge in [0.25, 0.3) is 0 Å². The normalized spacial score (nSPS) is 15.2. The lowest BCUT2D eigenvalue weighted by molar-refractivity contribution is -0.133. The maximum atomic E-state index is 12.7. The summed E-state index contributed by atoms with van der Waals surface area (Å²) < 4.78 is 3.67. The summed E-state index contributed by atoms with van der Waals surface area (Å²) in [5.74, 6) is -0.0434. The first-order valence-electron chi connectivity index (χ1n) is 10.9. The zero-order valence-corrected chi connectivity index (χ0v) is 19.1. The molecule has 4 aromatic rings. The van der Waals surface area contributed by atoms with Crippen molar-refractivity contribution in [3.63, 3.8) is 0 Å². The highest BCUT2D eigenvalue weighted by Crippen LogP contribution is 2.27. The van der Waals surface area contributed by atoms with Gasteiger partial charge in [-0.05, 0) is 23.8 Å². The topological polar surface area (TPSA) is 78.9 Å². The van der Waals surface area contributed by atoms with Crippen LogP contribution in [0.25, 0.3) is 16.6 Å². The third-order valence-electron chi connectivity index (χ3n) is 6.13. The number of aromatic nitrogens is 4. The molecule has 0 saturated carbocycles. The van der Waals surface area contributed by atoms with Gasteiger partial charge in [0.2, 0.25) is 5.91 Å². The quantitative estimate of drug-likeness (QED) is 0.491. The molecule has 0 unspecified atom stereocenters. The van der Waals surface area contributed by atoms with E-state index < -0.39 is 6.10 Å². The van der Waals surface area contributed by atoms with Gasteiger partial charge >= 0.3 is 0 Å². The minimum absolute atomic E-state index is 0.0434. The van der Waals surface area contributed by atoms with E-state index in [2.05, 4.69) is 27.2 Å². The van der Waals surface area contributed by atoms with Crippen molar-refractivity contribution in [2.75, 3.05) is 31.1 Å². The summed E-state index contributed by atoms with van der Waals surface area (Å²) >= 11 is 5.90. The van der Waals surface area contributed by atoms with Crippen molar-refractivity contribution < 1.29 is 9.90 Å². The number of fused-ring (bicyclic) bond motifs is 1. The van der Waals surface area contributed by atoms with Gasteiger partial charge in [0.1, 0.15) is 0 Å². The summed E-state index contributed by atoms with van der Waals surface area (Å²) in [6.45, 7) is 2.65. The molecule has 3 aromatic heterocycles. The average molecular weight is 465 g/mol. The summed E-state index contributed by atoms with van der Waals surface area (Å²) in [7, 11) is 1.90. The molecule has 1 fully saturated rings. The van der Waals surface area contributed by atoms with Crippen LogP contribution in [0.4, 0.5) is 5.69 Å². The molecule has 4 heterocycles. The van der Waals surface area contributed by atoms with Crippen LogP contribution < -0.4 is 4.90 Å². The average Bonchev–Trinajstić information content (AvgIpc) is 3.45. The van der Waals surface area contributed by atoms with Crippen LogP contribution in [-0.2, 0) is 11.8 Å². The Morgan fingerprint density at radius 3 is 2.45 bits per heavy atom. The van der Waals surface area contributed by atoms with E-state index in [4.69, 9.17) is 11.6 Å². The number of halogens is 1. The van der Waals surface area contributed by atoms with Gasteiger partial charge in [0.15, 0.2) is 0 Å². The largest absolute Gasteiger partial charge is 0.388 e. The van der Waals surface area contributed by atoms with Gasteiger partial charge in [-0.2, -0.15) is 10.2 Å². The fourth-order valence-electron chi connectivity index (χ4n) is 4.25. The molecule has 1 N–H and O–H groups in total. The van der Waals surface area contributed by atoms with E-state index in [0.29, 0.717) is 36.8 Å². The molecule has 1 aromatic carbocycles. The number of hydrogen-bond donors (Lipinski definition) is 1. The summed E-state index contributed by atoms with van der Waals surface area (Å²) in [5.41, 5.74) is 4.88. The third kappa shape index (κ3) is 4.44. The maximum absolute atomic E-state index is 12.7. The van der Waals surface area contributed by atoms with Gasteiger partial charge in [0.05, 0.1) is 36.1 Å². The summed E-state index contributed by atoms with van der Waals surface area (Å²) in [6.07, 6.45) is 6.94. The van der Waals surface area contributed by atoms with Crippen molar-refractivity contribution in [2.24, 2.45) is 7.05 Å². The van der Waals surface area contributed by atoms with Crippen LogP contribution in [0.3, 0.4) is 0 Å². The maximum Gasteiger partial charge on any atom is 0.225 e. The van der Waals surface area contributed by atoms with E-state index in [0.717, 1.165) is 22.3 Å². The van der Waals surface area contributed by atoms with Crippen LogP contribution in [0, 0.1) is 0 Å². The molecule has 1 aliphatic heterocycles. The first kappa shape index (κ1) is 21.5. The number of hydrogen-bond acceptors (Lipinski definition) is 5. The van der Waals surface area contributed by atoms with E-state index in [1.54, 1.807) is 28.9 Å². The number of nitrogens with zero attached hydrogens (tertiary/aromatic N) is 6. The van der Waals surface area contributed by atoms with Crippen molar-refractivity contribution in [3.8, 4) is 11.1 Å². The second-order valence-corrected chi connectivity index (χ2v) is 8.76. The molecule has 8 nitrogen and oxygen atoms in total. The Balaban J connectivity index is 1.22. The number of benzene rings is 1. The molecule has 0 spiro atoms. The van der Waals surface area contributed by atoms with E-state index >= 15 is 0 Å². The smallest absolute Gasteiger partial charge is 0.225 e. The highest BCUT2D eigenvalue weighted by atomic mass is 35.5. The van der Waals surface area contributed by atoms with Crippen LogP contribution in [0.2, 0.25) is 5.02 Å². The lowest BCUT2D eigenvalue weighted by Gasteiger charge is -2.36. The predicted octanol–water partition coefficient (Wildman–Crippen LogP) is 3.16. The van der Waals surface area contributed by atoms with Crippen molar-refractivity contribution in [1.29, 1.82) is 0 Å². The molecule has 1 atom stereocenters. The molecule has 9 heteroatoms. The fourth-order valence-corrected chi connectivity index (χ4v) is 4.38. The number of rotatable bonds is 5. The Hall–Kier alpha value is -3.36. The van der Waals surface area contributed by atoms with Crippen molar-refractivity contribution in [2.45, 2.75) is 12.5 Å². The molecular formula is C24H25ClN6O2. The van der Waals surface area contributed by atoms with Crippen molar-refractivity contribution in [3.05, 3.63) is 71.8 Å². The highest BCUT2D eigenvalue weighted by Gasteiger charge is 2.25. The number of pyridine rings is 1. The Labute approximate surface area is 196 Å². The standard InChI is InChI=1S/C24H25ClN6O2/c1-28-15-19(13-26-28)18-4-7-21-22(14-27-31(21)16-18)29-8-10-30(11-9-29)24(33)12-23(32)17-2-5-20(25)6-3-17/h2-7,13-16,23,32H,8-12H2,1H3/t23-/m1/s1. The number of aliphatic hydroxyl groups excluding tert-OH is 1. The van der Waals surface area contributed by atoms with Gasteiger partial charge in [0, 0.05) is 61.8 Å². The zero-order valence-electron chi connectivity index (χ0n) is 18.3. The molecule has 1 aliphatic rings. The van der Waals surface area contributed by atoms with Crippen LogP contribution in [0.5, 0.6) is 0 Å². The number of carbonyl (C=O) groups is 1. The Kier molecular flexibility index (Phi) is 5.78. The molecule has 0 bridgehead atoms. The Morgan fingerprint density at radius 1 is 1.00 bits per heavy atom. The number of aryl methyl sites for hydroxylation is 1.